The summed E-state index contributed by atoms with van der Waals surface area (Å²) < 4.78 is 42.0. The van der Waals surface area contributed by atoms with Gasteiger partial charge in [0.15, 0.2) is 11.5 Å². The van der Waals surface area contributed by atoms with E-state index in [4.69, 9.17) is 16.7 Å². The van der Waals surface area contributed by atoms with Crippen molar-refractivity contribution in [1.82, 2.24) is 35.0 Å². The summed E-state index contributed by atoms with van der Waals surface area (Å²) in [6.07, 6.45) is -3.33. The highest BCUT2D eigenvalue weighted by Gasteiger charge is 2.43. The fourth-order valence-corrected chi connectivity index (χ4v) is 4.94. The predicted molar refractivity (Wildman–Crippen MR) is 112 cm³/mol. The molecule has 2 unspecified atom stereocenters. The Kier molecular flexibility index (Phi) is 5.40. The van der Waals surface area contributed by atoms with Gasteiger partial charge in [0.25, 0.3) is 0 Å². The number of halogens is 4. The van der Waals surface area contributed by atoms with E-state index < -0.39 is 29.4 Å². The van der Waals surface area contributed by atoms with Crippen molar-refractivity contribution in [3.63, 3.8) is 0 Å². The number of aromatic nitrogens is 5. The zero-order valence-corrected chi connectivity index (χ0v) is 18.3. The maximum absolute atomic E-state index is 13.7. The maximum Gasteiger partial charge on any atom is 0.416 e. The smallest absolute Gasteiger partial charge is 0.416 e. The van der Waals surface area contributed by atoms with Crippen molar-refractivity contribution in [3.05, 3.63) is 46.2 Å². The Morgan fingerprint density at radius 1 is 1.18 bits per heavy atom. The number of alkyl halides is 3. The summed E-state index contributed by atoms with van der Waals surface area (Å²) in [6.45, 7) is 2.05. The van der Waals surface area contributed by atoms with Gasteiger partial charge in [-0.15, -0.1) is 5.10 Å². The van der Waals surface area contributed by atoms with Crippen molar-refractivity contribution >= 4 is 23.6 Å². The largest absolute Gasteiger partial charge is 0.476 e. The number of nitrogens with zero attached hydrogens (tertiary/aromatic N) is 5. The fourth-order valence-electron chi connectivity index (χ4n) is 4.73. The lowest BCUT2D eigenvalue weighted by atomic mass is 10.0. The fraction of sp³-hybridized carbons (Fsp3) is 0.400. The van der Waals surface area contributed by atoms with Crippen LogP contribution in [0.25, 0.3) is 11.4 Å². The second-order valence-electron chi connectivity index (χ2n) is 8.54. The topological polar surface area (TPSA) is 123 Å². The highest BCUT2D eigenvalue weighted by atomic mass is 35.5. The molecular formula is C20H19ClF3N7O3. The lowest BCUT2D eigenvalue weighted by molar-refractivity contribution is -0.138. The summed E-state index contributed by atoms with van der Waals surface area (Å²) in [4.78, 5) is 27.4. The molecule has 2 aliphatic heterocycles. The summed E-state index contributed by atoms with van der Waals surface area (Å²) in [7, 11) is 0. The molecule has 3 N–H and O–H groups in total. The molecule has 34 heavy (non-hydrogen) atoms. The third-order valence-corrected chi connectivity index (χ3v) is 6.60. The first-order valence-electron chi connectivity index (χ1n) is 10.4. The van der Waals surface area contributed by atoms with Crippen LogP contribution in [0.1, 0.15) is 21.6 Å². The summed E-state index contributed by atoms with van der Waals surface area (Å²) in [6, 6.07) is 3.70. The molecule has 10 nitrogen and oxygen atoms in total. The van der Waals surface area contributed by atoms with Crippen molar-refractivity contribution in [2.75, 3.05) is 26.2 Å². The number of likely N-dealkylation sites (tertiary alicyclic amines) is 2. The van der Waals surface area contributed by atoms with Gasteiger partial charge in [0.2, 0.25) is 0 Å². The number of aromatic amines is 2. The number of benzene rings is 1. The van der Waals surface area contributed by atoms with Crippen LogP contribution in [0, 0.1) is 11.8 Å². The first-order chi connectivity index (χ1) is 16.1. The van der Waals surface area contributed by atoms with Crippen LogP contribution in [0.4, 0.5) is 18.0 Å². The number of carbonyl (C=O) groups excluding carboxylic acids is 1. The van der Waals surface area contributed by atoms with Gasteiger partial charge in [-0.2, -0.15) is 23.0 Å². The van der Waals surface area contributed by atoms with Crippen LogP contribution in [0.5, 0.6) is 0 Å². The van der Waals surface area contributed by atoms with Crippen molar-refractivity contribution in [2.45, 2.75) is 12.7 Å². The van der Waals surface area contributed by atoms with Gasteiger partial charge in [0.05, 0.1) is 16.8 Å². The van der Waals surface area contributed by atoms with E-state index in [2.05, 4.69) is 20.5 Å². The van der Waals surface area contributed by atoms with Gasteiger partial charge in [0, 0.05) is 38.3 Å². The summed E-state index contributed by atoms with van der Waals surface area (Å²) in [5, 5.41) is 21.5. The lowest BCUT2D eigenvalue weighted by Gasteiger charge is -2.23. The normalized spacial score (nSPS) is 20.8. The summed E-state index contributed by atoms with van der Waals surface area (Å²) in [5.74, 6) is -0.777. The van der Waals surface area contributed by atoms with E-state index in [-0.39, 0.29) is 29.0 Å². The number of amides is 1. The van der Waals surface area contributed by atoms with Gasteiger partial charge in [-0.05, 0) is 23.5 Å². The van der Waals surface area contributed by atoms with Gasteiger partial charge < -0.3 is 10.0 Å². The molecule has 0 saturated carbocycles. The zero-order chi connectivity index (χ0) is 24.2. The standard InChI is InChI=1S/C20H19ClF3N7O3/c21-15-9-31(27-16(15)18(32)33)19(34)30-7-12-5-29(6-13(12)8-30)4-11-2-1-10(17-25-28-26-17)3-14(11)20(22,23)24/h1-3,9,12-13,28H,4-8H2,(H,25,26)(H,32,33). The van der Waals surface area contributed by atoms with Crippen LogP contribution in [-0.4, -0.2) is 78.3 Å². The number of carbonyl (C=O) groups is 2. The van der Waals surface area contributed by atoms with E-state index in [0.717, 1.165) is 16.9 Å². The minimum Gasteiger partial charge on any atom is -0.476 e. The Balaban J connectivity index is 1.25. The van der Waals surface area contributed by atoms with Crippen LogP contribution in [0.2, 0.25) is 5.02 Å². The van der Waals surface area contributed by atoms with Crippen LogP contribution in [0.15, 0.2) is 24.4 Å². The molecule has 180 valence electrons. The van der Waals surface area contributed by atoms with Crippen molar-refractivity contribution < 1.29 is 27.9 Å². The van der Waals surface area contributed by atoms with E-state index >= 15 is 0 Å². The summed E-state index contributed by atoms with van der Waals surface area (Å²) >= 11 is 5.83. The van der Waals surface area contributed by atoms with Crippen molar-refractivity contribution in [2.24, 2.45) is 11.8 Å². The minimum atomic E-state index is -4.50. The van der Waals surface area contributed by atoms with Crippen molar-refractivity contribution in [3.8, 4) is 11.4 Å². The van der Waals surface area contributed by atoms with Gasteiger partial charge in [-0.25, -0.2) is 14.8 Å². The molecular weight excluding hydrogens is 479 g/mol. The van der Waals surface area contributed by atoms with Crippen LogP contribution >= 0.6 is 11.6 Å². The average molecular weight is 498 g/mol. The molecule has 0 bridgehead atoms. The second-order valence-corrected chi connectivity index (χ2v) is 8.95. The van der Waals surface area contributed by atoms with Gasteiger partial charge in [-0.1, -0.05) is 23.7 Å². The number of rotatable bonds is 4. The van der Waals surface area contributed by atoms with Crippen LogP contribution in [-0.2, 0) is 12.7 Å². The molecule has 2 aliphatic rings. The molecule has 5 rings (SSSR count). The molecule has 3 aromatic rings. The SMILES string of the molecule is O=C(O)c1nn(C(=O)N2CC3CN(Cc4ccc(-c5n[nH][nH]5)cc4C(F)(F)F)CC3C2)cc1Cl. The molecule has 0 radical (unpaired) electrons. The quantitative estimate of drug-likeness (QED) is 0.509. The molecule has 2 saturated heterocycles. The van der Waals surface area contributed by atoms with Gasteiger partial charge in [-0.3, -0.25) is 10.00 Å². The first-order valence-corrected chi connectivity index (χ1v) is 10.8. The number of H-pyrrole nitrogens is 2. The van der Waals surface area contributed by atoms with Crippen LogP contribution < -0.4 is 0 Å². The number of carboxylic acid groups (broad SMARTS) is 1. The number of nitrogens with one attached hydrogen (secondary N) is 2. The third-order valence-electron chi connectivity index (χ3n) is 6.33. The molecule has 2 fully saturated rings. The van der Waals surface area contributed by atoms with Gasteiger partial charge in [0.1, 0.15) is 0 Å². The molecule has 2 atom stereocenters. The molecule has 4 heterocycles. The van der Waals surface area contributed by atoms with E-state index in [1.165, 1.54) is 6.07 Å². The van der Waals surface area contributed by atoms with Crippen LogP contribution in [0.3, 0.4) is 0 Å². The van der Waals surface area contributed by atoms with E-state index in [1.54, 1.807) is 11.0 Å². The van der Waals surface area contributed by atoms with Gasteiger partial charge >= 0.3 is 18.2 Å². The first kappa shape index (κ1) is 22.5. The number of carboxylic acids is 1. The monoisotopic (exact) mass is 497 g/mol. The van der Waals surface area contributed by atoms with E-state index in [9.17, 15) is 22.8 Å². The Hall–Kier alpha value is -3.32. The number of fused-ring (bicyclic) bond motifs is 1. The molecule has 2 aromatic heterocycles. The maximum atomic E-state index is 13.7. The van der Waals surface area contributed by atoms with E-state index in [0.29, 0.717) is 37.6 Å². The molecule has 0 spiro atoms. The third kappa shape index (κ3) is 4.05. The molecule has 1 amide bonds. The lowest BCUT2D eigenvalue weighted by Crippen LogP contribution is -2.36. The number of hydrogen-bond acceptors (Lipinski definition) is 5. The zero-order valence-electron chi connectivity index (χ0n) is 17.5. The highest BCUT2D eigenvalue weighted by Crippen LogP contribution is 2.37. The number of hydrogen-bond donors (Lipinski definition) is 3. The Labute approximate surface area is 195 Å². The number of aromatic carboxylic acids is 1. The summed E-state index contributed by atoms with van der Waals surface area (Å²) in [5.41, 5.74) is -0.556. The molecule has 14 heteroatoms. The average Bonchev–Trinajstić information content (AvgIpc) is 3.39. The Morgan fingerprint density at radius 3 is 2.38 bits per heavy atom. The molecule has 0 aliphatic carbocycles. The van der Waals surface area contributed by atoms with Crippen molar-refractivity contribution in [1.29, 1.82) is 0 Å². The highest BCUT2D eigenvalue weighted by molar-refractivity contribution is 6.33. The minimum absolute atomic E-state index is 0.0992. The predicted octanol–water partition coefficient (Wildman–Crippen LogP) is 3.00. The van der Waals surface area contributed by atoms with E-state index in [1.807, 2.05) is 4.90 Å². The second kappa shape index (κ2) is 8.17. The Morgan fingerprint density at radius 2 is 1.85 bits per heavy atom. The molecule has 1 aromatic carbocycles. The Bertz CT molecular complexity index is 1230.